The summed E-state index contributed by atoms with van der Waals surface area (Å²) in [7, 11) is 0. The molecule has 0 radical (unpaired) electrons. The van der Waals surface area contributed by atoms with E-state index in [2.05, 4.69) is 31.4 Å². The zero-order chi connectivity index (χ0) is 19.5. The van der Waals surface area contributed by atoms with Gasteiger partial charge < -0.3 is 20.3 Å². The van der Waals surface area contributed by atoms with Crippen LogP contribution in [0.3, 0.4) is 0 Å². The van der Waals surface area contributed by atoms with Crippen LogP contribution in [0.5, 0.6) is 5.75 Å². The van der Waals surface area contributed by atoms with Gasteiger partial charge in [0.1, 0.15) is 11.4 Å². The molecule has 0 bridgehead atoms. The zero-order valence-electron chi connectivity index (χ0n) is 15.9. The highest BCUT2D eigenvalue weighted by molar-refractivity contribution is 7.80. The van der Waals surface area contributed by atoms with Gasteiger partial charge in [0.05, 0.1) is 23.7 Å². The summed E-state index contributed by atoms with van der Waals surface area (Å²) < 4.78 is 5.74. The molecule has 0 atom stereocenters. The van der Waals surface area contributed by atoms with E-state index in [-0.39, 0.29) is 0 Å². The number of nitrogens with two attached hydrogens (primary N) is 1. The molecule has 2 aliphatic heterocycles. The van der Waals surface area contributed by atoms with Gasteiger partial charge in [0.25, 0.3) is 0 Å². The van der Waals surface area contributed by atoms with Gasteiger partial charge in [-0.3, -0.25) is 10.4 Å². The molecular weight excluding hydrogens is 372 g/mol. The number of thiocarbonyl (C=S) groups is 1. The van der Waals surface area contributed by atoms with E-state index < -0.39 is 0 Å². The second kappa shape index (κ2) is 8.02. The molecule has 8 heteroatoms. The minimum atomic E-state index is 0.601. The quantitative estimate of drug-likeness (QED) is 0.457. The average Bonchev–Trinajstić information content (AvgIpc) is 2.73. The molecule has 0 spiro atoms. The van der Waals surface area contributed by atoms with E-state index in [1.807, 2.05) is 31.2 Å². The lowest BCUT2D eigenvalue weighted by molar-refractivity contribution is 0.315. The molecule has 1 saturated heterocycles. The normalized spacial score (nSPS) is 17.8. The first-order chi connectivity index (χ1) is 13.6. The Kier molecular flexibility index (Phi) is 5.29. The summed E-state index contributed by atoms with van der Waals surface area (Å²) in [6, 6.07) is 9.91. The van der Waals surface area contributed by atoms with E-state index in [0.717, 1.165) is 60.3 Å². The van der Waals surface area contributed by atoms with Crippen molar-refractivity contribution in [3.05, 3.63) is 47.8 Å². The lowest BCUT2D eigenvalue weighted by atomic mass is 10.1. The molecule has 1 aromatic heterocycles. The van der Waals surface area contributed by atoms with E-state index >= 15 is 0 Å². The smallest absolute Gasteiger partial charge is 0.189 e. The van der Waals surface area contributed by atoms with E-state index in [9.17, 15) is 0 Å². The molecular formula is C20H24N6OS. The first-order valence-electron chi connectivity index (χ1n) is 9.43. The largest absolute Gasteiger partial charge is 0.491 e. The fourth-order valence-corrected chi connectivity index (χ4v) is 3.75. The first kappa shape index (κ1) is 18.5. The first-order valence-corrected chi connectivity index (χ1v) is 9.84. The molecule has 7 nitrogen and oxygen atoms in total. The average molecular weight is 397 g/mol. The SMILES string of the molecule is Cc1ccnc2c1OCC/C2=N/NC(=S)N1CCN(c2ccccc2N)CC1. The Morgan fingerprint density at radius 2 is 2.00 bits per heavy atom. The second-order valence-electron chi connectivity index (χ2n) is 6.91. The van der Waals surface area contributed by atoms with Crippen molar-refractivity contribution in [3.8, 4) is 5.75 Å². The van der Waals surface area contributed by atoms with Gasteiger partial charge in [-0.05, 0) is 42.9 Å². The number of nitrogen functional groups attached to an aromatic ring is 1. The van der Waals surface area contributed by atoms with Gasteiger partial charge in [0, 0.05) is 38.8 Å². The van der Waals surface area contributed by atoms with Crippen LogP contribution < -0.4 is 20.8 Å². The van der Waals surface area contributed by atoms with Crippen molar-refractivity contribution in [2.24, 2.45) is 5.10 Å². The number of aryl methyl sites for hydroxylation is 1. The number of ether oxygens (including phenoxy) is 1. The molecule has 146 valence electrons. The van der Waals surface area contributed by atoms with Crippen LogP contribution in [0.15, 0.2) is 41.6 Å². The molecule has 28 heavy (non-hydrogen) atoms. The van der Waals surface area contributed by atoms with E-state index in [1.165, 1.54) is 0 Å². The predicted molar refractivity (Wildman–Crippen MR) is 116 cm³/mol. The Hall–Kier alpha value is -2.87. The minimum absolute atomic E-state index is 0.601. The van der Waals surface area contributed by atoms with Crippen LogP contribution in [0.1, 0.15) is 17.7 Å². The number of nitrogens with one attached hydrogen (secondary N) is 1. The lowest BCUT2D eigenvalue weighted by Crippen LogP contribution is -2.51. The minimum Gasteiger partial charge on any atom is -0.491 e. The van der Waals surface area contributed by atoms with Crippen molar-refractivity contribution in [1.82, 2.24) is 15.3 Å². The molecule has 0 unspecified atom stereocenters. The topological polar surface area (TPSA) is 79.0 Å². The number of para-hydroxylation sites is 2. The number of rotatable bonds is 2. The maximum atomic E-state index is 6.10. The van der Waals surface area contributed by atoms with Crippen molar-refractivity contribution < 1.29 is 4.74 Å². The molecule has 1 fully saturated rings. The number of hydrogen-bond acceptors (Lipinski definition) is 6. The van der Waals surface area contributed by atoms with Crippen molar-refractivity contribution in [1.29, 1.82) is 0 Å². The van der Waals surface area contributed by atoms with Gasteiger partial charge in [0.15, 0.2) is 5.11 Å². The fourth-order valence-electron chi connectivity index (χ4n) is 3.52. The maximum Gasteiger partial charge on any atom is 0.189 e. The fraction of sp³-hybridized carbons (Fsp3) is 0.350. The molecule has 2 aliphatic rings. The molecule has 3 N–H and O–H groups in total. The van der Waals surface area contributed by atoms with Gasteiger partial charge in [-0.2, -0.15) is 5.10 Å². The van der Waals surface area contributed by atoms with Crippen molar-refractivity contribution in [2.75, 3.05) is 43.4 Å². The maximum absolute atomic E-state index is 6.10. The Morgan fingerprint density at radius 3 is 2.79 bits per heavy atom. The summed E-state index contributed by atoms with van der Waals surface area (Å²) in [5.74, 6) is 0.814. The number of hydrogen-bond donors (Lipinski definition) is 2. The Morgan fingerprint density at radius 1 is 1.21 bits per heavy atom. The van der Waals surface area contributed by atoms with Crippen molar-refractivity contribution >= 4 is 34.4 Å². The number of anilines is 2. The van der Waals surface area contributed by atoms with Crippen LogP contribution in [-0.4, -0.2) is 53.5 Å². The van der Waals surface area contributed by atoms with E-state index in [4.69, 9.17) is 22.7 Å². The summed E-state index contributed by atoms with van der Waals surface area (Å²) in [6.45, 7) is 5.99. The third-order valence-corrected chi connectivity index (χ3v) is 5.44. The number of hydrazone groups is 1. The predicted octanol–water partition coefficient (Wildman–Crippen LogP) is 2.16. The van der Waals surface area contributed by atoms with Crippen LogP contribution in [-0.2, 0) is 0 Å². The highest BCUT2D eigenvalue weighted by Gasteiger charge is 2.22. The second-order valence-corrected chi connectivity index (χ2v) is 7.30. The highest BCUT2D eigenvalue weighted by atomic mass is 32.1. The van der Waals surface area contributed by atoms with Gasteiger partial charge >= 0.3 is 0 Å². The zero-order valence-corrected chi connectivity index (χ0v) is 16.7. The van der Waals surface area contributed by atoms with Crippen LogP contribution in [0.2, 0.25) is 0 Å². The molecule has 1 aromatic carbocycles. The van der Waals surface area contributed by atoms with Gasteiger partial charge in [-0.1, -0.05) is 12.1 Å². The third-order valence-electron chi connectivity index (χ3n) is 5.09. The summed E-state index contributed by atoms with van der Waals surface area (Å²) >= 11 is 5.56. The number of nitrogens with zero attached hydrogens (tertiary/aromatic N) is 4. The summed E-state index contributed by atoms with van der Waals surface area (Å²) in [5, 5.41) is 5.17. The Bertz CT molecular complexity index is 907. The highest BCUT2D eigenvalue weighted by Crippen LogP contribution is 2.26. The molecule has 4 rings (SSSR count). The van der Waals surface area contributed by atoms with Crippen molar-refractivity contribution in [3.63, 3.8) is 0 Å². The van der Waals surface area contributed by atoms with Crippen LogP contribution in [0.25, 0.3) is 0 Å². The van der Waals surface area contributed by atoms with Crippen LogP contribution in [0.4, 0.5) is 11.4 Å². The van der Waals surface area contributed by atoms with Gasteiger partial charge in [0.2, 0.25) is 0 Å². The summed E-state index contributed by atoms with van der Waals surface area (Å²) in [4.78, 5) is 8.86. The monoisotopic (exact) mass is 396 g/mol. The number of pyridine rings is 1. The van der Waals surface area contributed by atoms with Gasteiger partial charge in [-0.15, -0.1) is 0 Å². The molecule has 0 aliphatic carbocycles. The molecule has 0 saturated carbocycles. The standard InChI is InChI=1S/C20H24N6OS/c1-14-6-8-22-18-16(7-13-27-19(14)18)23-24-20(28)26-11-9-25(10-12-26)17-5-3-2-4-15(17)21/h2-6,8H,7,9-13,21H2,1H3,(H,24,28)/b23-16-. The third kappa shape index (κ3) is 3.73. The molecule has 2 aromatic rings. The van der Waals surface area contributed by atoms with Gasteiger partial charge in [-0.25, -0.2) is 0 Å². The molecule has 3 heterocycles. The number of aromatic nitrogens is 1. The summed E-state index contributed by atoms with van der Waals surface area (Å²) in [6.07, 6.45) is 2.49. The number of benzene rings is 1. The Balaban J connectivity index is 1.38. The van der Waals surface area contributed by atoms with Crippen LogP contribution >= 0.6 is 12.2 Å². The van der Waals surface area contributed by atoms with Crippen molar-refractivity contribution in [2.45, 2.75) is 13.3 Å². The van der Waals surface area contributed by atoms with Crippen LogP contribution in [0, 0.1) is 6.92 Å². The Labute approximate surface area is 170 Å². The molecule has 0 amide bonds. The number of fused-ring (bicyclic) bond motifs is 1. The lowest BCUT2D eigenvalue weighted by Gasteiger charge is -2.37. The summed E-state index contributed by atoms with van der Waals surface area (Å²) in [5.41, 5.74) is 13.8. The van der Waals surface area contributed by atoms with E-state index in [0.29, 0.717) is 18.1 Å². The van der Waals surface area contributed by atoms with E-state index in [1.54, 1.807) is 6.20 Å². The number of piperazine rings is 1.